The zero-order chi connectivity index (χ0) is 22.1. The number of aromatic nitrogens is 3. The van der Waals surface area contributed by atoms with Gasteiger partial charge in [0.05, 0.1) is 36.1 Å². The molecular weight excluding hydrogens is 398 g/mol. The molecule has 1 N–H and O–H groups in total. The van der Waals surface area contributed by atoms with Crippen molar-refractivity contribution in [2.75, 3.05) is 39.4 Å². The predicted octanol–water partition coefficient (Wildman–Crippen LogP) is 1.19. The van der Waals surface area contributed by atoms with Gasteiger partial charge in [0, 0.05) is 51.3 Å². The Labute approximate surface area is 180 Å². The van der Waals surface area contributed by atoms with Crippen LogP contribution in [0.25, 0.3) is 5.76 Å². The van der Waals surface area contributed by atoms with Crippen LogP contribution >= 0.6 is 0 Å². The first-order chi connectivity index (χ1) is 14.9. The molecular formula is C22H27N5O4. The second-order valence-corrected chi connectivity index (χ2v) is 7.90. The van der Waals surface area contributed by atoms with Gasteiger partial charge >= 0.3 is 0 Å². The number of aliphatic hydroxyl groups is 1. The number of Topliss-reactive ketones (excluding diaryl/α,β-unsaturated/α-hetero) is 1. The molecule has 2 fully saturated rings. The number of ether oxygens (including phenoxy) is 1. The monoisotopic (exact) mass is 425 g/mol. The second kappa shape index (κ2) is 8.60. The first-order valence-corrected chi connectivity index (χ1v) is 10.4. The van der Waals surface area contributed by atoms with Crippen molar-refractivity contribution < 1.29 is 19.4 Å². The molecule has 0 radical (unpaired) electrons. The van der Waals surface area contributed by atoms with Gasteiger partial charge in [-0.1, -0.05) is 0 Å². The highest BCUT2D eigenvalue weighted by Gasteiger charge is 2.46. The fraction of sp³-hybridized carbons (Fsp3) is 0.455. The molecule has 2 saturated heterocycles. The van der Waals surface area contributed by atoms with E-state index < -0.39 is 17.7 Å². The Morgan fingerprint density at radius 2 is 1.84 bits per heavy atom. The van der Waals surface area contributed by atoms with Crippen LogP contribution in [0.3, 0.4) is 0 Å². The summed E-state index contributed by atoms with van der Waals surface area (Å²) in [5.74, 6) is -1.46. The van der Waals surface area contributed by atoms with E-state index in [0.29, 0.717) is 37.6 Å². The van der Waals surface area contributed by atoms with E-state index in [1.807, 2.05) is 6.92 Å². The molecule has 9 heteroatoms. The molecule has 0 saturated carbocycles. The summed E-state index contributed by atoms with van der Waals surface area (Å²) in [6.07, 6.45) is 3.25. The van der Waals surface area contributed by atoms with E-state index in [9.17, 15) is 14.7 Å². The molecule has 9 nitrogen and oxygen atoms in total. The molecule has 0 bridgehead atoms. The molecule has 2 aromatic heterocycles. The maximum atomic E-state index is 13.1. The van der Waals surface area contributed by atoms with Crippen LogP contribution in [0.15, 0.2) is 30.1 Å². The molecule has 2 aromatic rings. The van der Waals surface area contributed by atoms with Crippen molar-refractivity contribution in [2.24, 2.45) is 7.05 Å². The maximum Gasteiger partial charge on any atom is 0.295 e. The third kappa shape index (κ3) is 3.86. The van der Waals surface area contributed by atoms with Crippen LogP contribution in [0.1, 0.15) is 28.6 Å². The number of nitrogens with zero attached hydrogens (tertiary/aromatic N) is 5. The smallest absolute Gasteiger partial charge is 0.295 e. The average molecular weight is 425 g/mol. The van der Waals surface area contributed by atoms with Crippen LogP contribution < -0.4 is 0 Å². The number of rotatable bonds is 5. The number of carbonyl (C=O) groups excluding carboxylic acids is 2. The van der Waals surface area contributed by atoms with Gasteiger partial charge in [-0.2, -0.15) is 5.10 Å². The van der Waals surface area contributed by atoms with Crippen molar-refractivity contribution >= 4 is 17.4 Å². The molecule has 31 heavy (non-hydrogen) atoms. The summed E-state index contributed by atoms with van der Waals surface area (Å²) < 4.78 is 7.04. The van der Waals surface area contributed by atoms with Crippen molar-refractivity contribution in [1.82, 2.24) is 24.6 Å². The van der Waals surface area contributed by atoms with Crippen LogP contribution in [-0.2, 0) is 21.4 Å². The van der Waals surface area contributed by atoms with E-state index >= 15 is 0 Å². The predicted molar refractivity (Wildman–Crippen MR) is 113 cm³/mol. The minimum absolute atomic E-state index is 0.0948. The van der Waals surface area contributed by atoms with Gasteiger partial charge in [0.1, 0.15) is 5.76 Å². The summed E-state index contributed by atoms with van der Waals surface area (Å²) in [6.45, 7) is 7.50. The number of hydrogen-bond donors (Lipinski definition) is 1. The SMILES string of the molecule is Cc1nn(C)c(C)c1C(O)=C1C(=O)C(=O)N(CCN2CCOCC2)C1c1ccncc1. The standard InChI is InChI=1S/C22H27N5O4/c1-14-17(15(2)25(3)24-14)20(28)18-19(16-4-6-23-7-5-16)27(22(30)21(18)29)9-8-26-10-12-31-13-11-26/h4-7,19,28H,8-13H2,1-3H3. The highest BCUT2D eigenvalue weighted by atomic mass is 16.5. The molecule has 0 spiro atoms. The van der Waals surface area contributed by atoms with Gasteiger partial charge in [-0.3, -0.25) is 24.2 Å². The van der Waals surface area contributed by atoms with E-state index in [1.54, 1.807) is 48.1 Å². The number of amides is 1. The third-order valence-corrected chi connectivity index (χ3v) is 6.07. The Kier molecular flexibility index (Phi) is 5.88. The lowest BCUT2D eigenvalue weighted by molar-refractivity contribution is -0.140. The van der Waals surface area contributed by atoms with Crippen molar-refractivity contribution in [3.05, 3.63) is 52.6 Å². The number of carbonyl (C=O) groups is 2. The summed E-state index contributed by atoms with van der Waals surface area (Å²) in [4.78, 5) is 34.0. The Morgan fingerprint density at radius 1 is 1.16 bits per heavy atom. The zero-order valence-corrected chi connectivity index (χ0v) is 18.0. The van der Waals surface area contributed by atoms with Crippen molar-refractivity contribution in [3.63, 3.8) is 0 Å². The van der Waals surface area contributed by atoms with Crippen molar-refractivity contribution in [1.29, 1.82) is 0 Å². The highest BCUT2D eigenvalue weighted by Crippen LogP contribution is 2.40. The molecule has 0 aliphatic carbocycles. The first kappa shape index (κ1) is 21.2. The van der Waals surface area contributed by atoms with E-state index in [0.717, 1.165) is 24.3 Å². The van der Waals surface area contributed by atoms with E-state index in [2.05, 4.69) is 15.0 Å². The number of aliphatic hydroxyl groups excluding tert-OH is 1. The largest absolute Gasteiger partial charge is 0.507 e. The van der Waals surface area contributed by atoms with E-state index in [1.165, 1.54) is 0 Å². The van der Waals surface area contributed by atoms with Crippen LogP contribution in [0.2, 0.25) is 0 Å². The van der Waals surface area contributed by atoms with Gasteiger partial charge in [0.15, 0.2) is 0 Å². The van der Waals surface area contributed by atoms with Crippen LogP contribution in [0, 0.1) is 13.8 Å². The van der Waals surface area contributed by atoms with Gasteiger partial charge in [-0.05, 0) is 31.5 Å². The van der Waals surface area contributed by atoms with Crippen LogP contribution in [0.5, 0.6) is 0 Å². The van der Waals surface area contributed by atoms with Crippen LogP contribution in [0.4, 0.5) is 0 Å². The minimum atomic E-state index is -0.678. The molecule has 4 rings (SSSR count). The summed E-state index contributed by atoms with van der Waals surface area (Å²) in [5, 5.41) is 15.6. The molecule has 0 aromatic carbocycles. The minimum Gasteiger partial charge on any atom is -0.507 e. The summed E-state index contributed by atoms with van der Waals surface area (Å²) >= 11 is 0. The Bertz CT molecular complexity index is 1020. The summed E-state index contributed by atoms with van der Waals surface area (Å²) in [7, 11) is 1.78. The second-order valence-electron chi connectivity index (χ2n) is 7.90. The lowest BCUT2D eigenvalue weighted by atomic mass is 9.95. The number of likely N-dealkylation sites (tertiary alicyclic amines) is 1. The van der Waals surface area contributed by atoms with E-state index in [-0.39, 0.29) is 11.3 Å². The highest BCUT2D eigenvalue weighted by molar-refractivity contribution is 6.46. The zero-order valence-electron chi connectivity index (χ0n) is 18.0. The van der Waals surface area contributed by atoms with Gasteiger partial charge in [0.2, 0.25) is 0 Å². The molecule has 1 amide bonds. The topological polar surface area (TPSA) is 101 Å². The summed E-state index contributed by atoms with van der Waals surface area (Å²) in [6, 6.07) is 2.87. The van der Waals surface area contributed by atoms with Gasteiger partial charge in [0.25, 0.3) is 11.7 Å². The molecule has 2 aliphatic heterocycles. The Morgan fingerprint density at radius 3 is 2.45 bits per heavy atom. The first-order valence-electron chi connectivity index (χ1n) is 10.4. The number of pyridine rings is 1. The van der Waals surface area contributed by atoms with Crippen molar-refractivity contribution in [2.45, 2.75) is 19.9 Å². The number of hydrogen-bond acceptors (Lipinski definition) is 7. The lowest BCUT2D eigenvalue weighted by Gasteiger charge is -2.31. The van der Waals surface area contributed by atoms with Gasteiger partial charge < -0.3 is 14.7 Å². The average Bonchev–Trinajstić information content (AvgIpc) is 3.18. The fourth-order valence-electron chi connectivity index (χ4n) is 4.33. The number of morpholine rings is 1. The van der Waals surface area contributed by atoms with Gasteiger partial charge in [-0.15, -0.1) is 0 Å². The molecule has 1 unspecified atom stereocenters. The molecule has 1 atom stereocenters. The molecule has 164 valence electrons. The van der Waals surface area contributed by atoms with Crippen molar-refractivity contribution in [3.8, 4) is 0 Å². The van der Waals surface area contributed by atoms with Crippen LogP contribution in [-0.4, -0.2) is 80.8 Å². The molecule has 2 aliphatic rings. The quantitative estimate of drug-likeness (QED) is 0.436. The molecule has 4 heterocycles. The van der Waals surface area contributed by atoms with Gasteiger partial charge in [-0.25, -0.2) is 0 Å². The lowest BCUT2D eigenvalue weighted by Crippen LogP contribution is -2.42. The number of ketones is 1. The normalized spacial score (nSPS) is 21.8. The Balaban J connectivity index is 1.76. The van der Waals surface area contributed by atoms with E-state index in [4.69, 9.17) is 4.74 Å². The Hall–Kier alpha value is -3.04. The summed E-state index contributed by atoms with van der Waals surface area (Å²) in [5.41, 5.74) is 2.65. The fourth-order valence-corrected chi connectivity index (χ4v) is 4.33. The maximum absolute atomic E-state index is 13.1. The number of aryl methyl sites for hydroxylation is 2. The third-order valence-electron chi connectivity index (χ3n) is 6.07.